The van der Waals surface area contributed by atoms with E-state index >= 15 is 0 Å². The van der Waals surface area contributed by atoms with Gasteiger partial charge in [-0.1, -0.05) is 0 Å². The Labute approximate surface area is 130 Å². The molecule has 23 heavy (non-hydrogen) atoms. The van der Waals surface area contributed by atoms with E-state index in [1.165, 1.54) is 4.90 Å². The van der Waals surface area contributed by atoms with Gasteiger partial charge >= 0.3 is 6.36 Å². The molecule has 0 unspecified atom stereocenters. The summed E-state index contributed by atoms with van der Waals surface area (Å²) in [7, 11) is 0. The fraction of sp³-hybridized carbons (Fsp3) is 0.714. The van der Waals surface area contributed by atoms with Crippen LogP contribution < -0.4 is 5.73 Å². The number of nitrogens with zero attached hydrogens (tertiary/aromatic N) is 3. The number of aromatic nitrogens is 2. The molecule has 6 nitrogen and oxygen atoms in total. The molecular weight excluding hydrogens is 313 g/mol. The fourth-order valence-electron chi connectivity index (χ4n) is 4.14. The number of ether oxygens (including phenoxy) is 1. The van der Waals surface area contributed by atoms with Crippen molar-refractivity contribution in [1.82, 2.24) is 14.5 Å². The number of likely N-dealkylation sites (tertiary alicyclic amines) is 1. The second-order valence-electron chi connectivity index (χ2n) is 7.01. The molecule has 5 rings (SSSR count). The molecule has 2 heterocycles. The first-order chi connectivity index (χ1) is 10.7. The van der Waals surface area contributed by atoms with E-state index in [0.717, 1.165) is 19.3 Å². The molecule has 1 aromatic heterocycles. The number of amides is 1. The molecule has 1 saturated heterocycles. The molecule has 126 valence electrons. The Hall–Kier alpha value is -1.61. The van der Waals surface area contributed by atoms with Crippen molar-refractivity contribution in [2.75, 3.05) is 13.1 Å². The van der Waals surface area contributed by atoms with Crippen LogP contribution >= 0.6 is 0 Å². The van der Waals surface area contributed by atoms with Gasteiger partial charge in [0.2, 0.25) is 0 Å². The van der Waals surface area contributed by atoms with Crippen molar-refractivity contribution in [2.45, 2.75) is 49.2 Å². The normalized spacial score (nSPS) is 35.8. The Morgan fingerprint density at radius 2 is 2.09 bits per heavy atom. The van der Waals surface area contributed by atoms with Crippen LogP contribution in [0.2, 0.25) is 0 Å². The zero-order valence-electron chi connectivity index (χ0n) is 12.3. The van der Waals surface area contributed by atoms with Crippen molar-refractivity contribution in [2.24, 2.45) is 5.73 Å². The zero-order valence-corrected chi connectivity index (χ0v) is 12.3. The number of imidazole rings is 1. The molecule has 3 aliphatic carbocycles. The summed E-state index contributed by atoms with van der Waals surface area (Å²) in [5, 5.41) is 0. The summed E-state index contributed by atoms with van der Waals surface area (Å²) in [6.07, 6.45) is 0.444. The Balaban J connectivity index is 1.40. The summed E-state index contributed by atoms with van der Waals surface area (Å²) >= 11 is 0. The molecule has 9 heteroatoms. The summed E-state index contributed by atoms with van der Waals surface area (Å²) < 4.78 is 42.6. The average molecular weight is 330 g/mol. The number of carbonyl (C=O) groups is 1. The topological polar surface area (TPSA) is 73.4 Å². The molecule has 4 fully saturated rings. The van der Waals surface area contributed by atoms with Gasteiger partial charge in [0.25, 0.3) is 5.91 Å². The van der Waals surface area contributed by atoms with Gasteiger partial charge in [-0.3, -0.25) is 9.53 Å². The van der Waals surface area contributed by atoms with Crippen LogP contribution in [0.3, 0.4) is 0 Å². The van der Waals surface area contributed by atoms with Crippen LogP contribution in [0.15, 0.2) is 12.5 Å². The molecule has 4 aliphatic rings. The van der Waals surface area contributed by atoms with Gasteiger partial charge in [0.1, 0.15) is 5.69 Å². The third kappa shape index (κ3) is 2.42. The lowest BCUT2D eigenvalue weighted by Gasteiger charge is -2.69. The molecule has 0 spiro atoms. The zero-order chi connectivity index (χ0) is 16.5. The molecule has 2 bridgehead atoms. The van der Waals surface area contributed by atoms with E-state index < -0.39 is 12.5 Å². The third-order valence-electron chi connectivity index (χ3n) is 5.13. The Morgan fingerprint density at radius 3 is 2.70 bits per heavy atom. The first-order valence-corrected chi connectivity index (χ1v) is 7.55. The number of halogens is 3. The SMILES string of the molecule is NC12CC(n3cnc(C(=O)N4CC[C@H](OC(F)(F)F)C4)c3)(C1)C2. The molecule has 1 aromatic rings. The summed E-state index contributed by atoms with van der Waals surface area (Å²) in [5.74, 6) is -0.355. The van der Waals surface area contributed by atoms with Crippen LogP contribution in [0.1, 0.15) is 36.2 Å². The maximum Gasteiger partial charge on any atom is 0.522 e. The van der Waals surface area contributed by atoms with Crippen molar-refractivity contribution in [3.63, 3.8) is 0 Å². The highest BCUT2D eigenvalue weighted by Gasteiger charge is 2.67. The largest absolute Gasteiger partial charge is 0.522 e. The molecule has 0 radical (unpaired) electrons. The van der Waals surface area contributed by atoms with E-state index in [9.17, 15) is 18.0 Å². The predicted octanol–water partition coefficient (Wildman–Crippen LogP) is 1.22. The Kier molecular flexibility index (Phi) is 2.91. The van der Waals surface area contributed by atoms with E-state index in [-0.39, 0.29) is 42.2 Å². The summed E-state index contributed by atoms with van der Waals surface area (Å²) in [6.45, 7) is 0.172. The smallest absolute Gasteiger partial charge is 0.335 e. The van der Waals surface area contributed by atoms with Gasteiger partial charge in [-0.05, 0) is 25.7 Å². The van der Waals surface area contributed by atoms with Crippen molar-refractivity contribution in [1.29, 1.82) is 0 Å². The van der Waals surface area contributed by atoms with E-state index in [2.05, 4.69) is 9.72 Å². The van der Waals surface area contributed by atoms with Gasteiger partial charge in [0.05, 0.1) is 18.0 Å². The molecule has 1 atom stereocenters. The van der Waals surface area contributed by atoms with E-state index in [4.69, 9.17) is 5.73 Å². The number of alkyl halides is 3. The minimum Gasteiger partial charge on any atom is -0.335 e. The number of carbonyl (C=O) groups excluding carboxylic acids is 1. The molecule has 3 saturated carbocycles. The molecular formula is C14H17F3N4O2. The van der Waals surface area contributed by atoms with Crippen LogP contribution in [-0.4, -0.2) is 51.5 Å². The third-order valence-corrected chi connectivity index (χ3v) is 5.13. The van der Waals surface area contributed by atoms with Crippen LogP contribution in [-0.2, 0) is 10.3 Å². The maximum absolute atomic E-state index is 12.4. The van der Waals surface area contributed by atoms with E-state index in [1.54, 1.807) is 12.5 Å². The van der Waals surface area contributed by atoms with Crippen LogP contribution in [0, 0.1) is 0 Å². The lowest BCUT2D eigenvalue weighted by molar-refractivity contribution is -0.340. The molecule has 1 amide bonds. The highest BCUT2D eigenvalue weighted by molar-refractivity contribution is 5.92. The first-order valence-electron chi connectivity index (χ1n) is 7.55. The highest BCUT2D eigenvalue weighted by Crippen LogP contribution is 2.63. The summed E-state index contributed by atoms with van der Waals surface area (Å²) in [4.78, 5) is 17.8. The van der Waals surface area contributed by atoms with Gasteiger partial charge in [-0.15, -0.1) is 13.2 Å². The quantitative estimate of drug-likeness (QED) is 0.904. The lowest BCUT2D eigenvalue weighted by atomic mass is 9.44. The van der Waals surface area contributed by atoms with Gasteiger partial charge in [-0.25, -0.2) is 4.98 Å². The molecule has 0 aromatic carbocycles. The van der Waals surface area contributed by atoms with E-state index in [0.29, 0.717) is 0 Å². The minimum atomic E-state index is -4.67. The average Bonchev–Trinajstić information content (AvgIpc) is 3.00. The fourth-order valence-corrected chi connectivity index (χ4v) is 4.14. The summed E-state index contributed by atoms with van der Waals surface area (Å²) in [5.41, 5.74) is 6.23. The molecule has 1 aliphatic heterocycles. The van der Waals surface area contributed by atoms with Crippen molar-refractivity contribution in [3.05, 3.63) is 18.2 Å². The van der Waals surface area contributed by atoms with Gasteiger partial charge in [0.15, 0.2) is 0 Å². The highest BCUT2D eigenvalue weighted by atomic mass is 19.4. The number of rotatable bonds is 3. The number of nitrogens with two attached hydrogens (primary N) is 1. The monoisotopic (exact) mass is 330 g/mol. The van der Waals surface area contributed by atoms with Gasteiger partial charge < -0.3 is 15.2 Å². The Morgan fingerprint density at radius 1 is 1.39 bits per heavy atom. The standard InChI is InChI=1S/C14H17F3N4O2/c15-14(16,17)23-9-1-2-20(3-9)11(22)10-4-21(8-19-10)13-5-12(18,6-13)7-13/h4,8-9H,1-3,5-7,18H2/t9-,12?,13?/m0/s1. The van der Waals surface area contributed by atoms with Crippen LogP contribution in [0.5, 0.6) is 0 Å². The Bertz CT molecular complexity index is 637. The van der Waals surface area contributed by atoms with E-state index in [1.807, 2.05) is 4.57 Å². The molecule has 2 N–H and O–H groups in total. The van der Waals surface area contributed by atoms with Gasteiger partial charge in [-0.2, -0.15) is 0 Å². The second kappa shape index (κ2) is 4.47. The van der Waals surface area contributed by atoms with Crippen molar-refractivity contribution >= 4 is 5.91 Å². The van der Waals surface area contributed by atoms with Crippen LogP contribution in [0.4, 0.5) is 13.2 Å². The number of hydrogen-bond acceptors (Lipinski definition) is 4. The number of hydrogen-bond donors (Lipinski definition) is 1. The van der Waals surface area contributed by atoms with Crippen molar-refractivity contribution in [3.8, 4) is 0 Å². The van der Waals surface area contributed by atoms with Crippen molar-refractivity contribution < 1.29 is 22.7 Å². The van der Waals surface area contributed by atoms with Gasteiger partial charge in [0, 0.05) is 24.8 Å². The lowest BCUT2D eigenvalue weighted by Crippen LogP contribution is -2.76. The predicted molar refractivity (Wildman–Crippen MR) is 72.4 cm³/mol. The maximum atomic E-state index is 12.4. The van der Waals surface area contributed by atoms with Crippen LogP contribution in [0.25, 0.3) is 0 Å². The first kappa shape index (κ1) is 14.9. The second-order valence-corrected chi connectivity index (χ2v) is 7.01. The summed E-state index contributed by atoms with van der Waals surface area (Å²) in [6, 6.07) is 0. The minimum absolute atomic E-state index is 0.00673.